The van der Waals surface area contributed by atoms with Crippen LogP contribution in [0.15, 0.2) is 41.4 Å². The van der Waals surface area contributed by atoms with Gasteiger partial charge in [0.05, 0.1) is 15.7 Å². The summed E-state index contributed by atoms with van der Waals surface area (Å²) in [5, 5.41) is 1.06. The lowest BCUT2D eigenvalue weighted by Crippen LogP contribution is -1.99. The van der Waals surface area contributed by atoms with Crippen molar-refractivity contribution in [1.82, 2.24) is 4.57 Å². The minimum Gasteiger partial charge on any atom is -0.333 e. The molecule has 0 aliphatic heterocycles. The third kappa shape index (κ3) is 1.53. The number of benzene rings is 1. The number of para-hydroxylation sites is 1. The Hall–Kier alpha value is -1.35. The minimum atomic E-state index is 0.639. The lowest BCUT2D eigenvalue weighted by molar-refractivity contribution is 0.111. The number of hydrogen-bond donors (Lipinski definition) is 0. The second kappa shape index (κ2) is 4.03. The zero-order valence-corrected chi connectivity index (χ0v) is 9.70. The molecule has 0 fully saturated rings. The van der Waals surface area contributed by atoms with Gasteiger partial charge in [-0.1, -0.05) is 24.3 Å². The number of nitrogens with zero attached hydrogens (tertiary/aromatic N) is 1. The molecule has 0 spiro atoms. The summed E-state index contributed by atoms with van der Waals surface area (Å²) in [6.07, 6.45) is 2.65. The summed E-state index contributed by atoms with van der Waals surface area (Å²) in [5.74, 6) is 0. The Labute approximate surface area is 96.3 Å². The molecule has 0 saturated heterocycles. The van der Waals surface area contributed by atoms with Crippen molar-refractivity contribution in [2.45, 2.75) is 6.54 Å². The van der Waals surface area contributed by atoms with Gasteiger partial charge < -0.3 is 4.57 Å². The maximum atomic E-state index is 11.0. The molecule has 0 radical (unpaired) electrons. The Kier molecular flexibility index (Phi) is 2.73. The lowest BCUT2D eigenvalue weighted by Gasteiger charge is -2.02. The van der Waals surface area contributed by atoms with Crippen LogP contribution in [0.5, 0.6) is 0 Å². The van der Waals surface area contributed by atoms with Crippen molar-refractivity contribution in [3.05, 3.63) is 47.1 Å². The maximum Gasteiger partial charge on any atom is 0.167 e. The van der Waals surface area contributed by atoms with Crippen LogP contribution in [-0.4, -0.2) is 10.9 Å². The minimum absolute atomic E-state index is 0.639. The molecule has 0 unspecified atom stereocenters. The fourth-order valence-electron chi connectivity index (χ4n) is 1.72. The summed E-state index contributed by atoms with van der Waals surface area (Å²) < 4.78 is 2.80. The lowest BCUT2D eigenvalue weighted by atomic mass is 10.2. The second-order valence-electron chi connectivity index (χ2n) is 3.23. The summed E-state index contributed by atoms with van der Waals surface area (Å²) in [6, 6.07) is 7.91. The number of aromatic nitrogens is 1. The summed E-state index contributed by atoms with van der Waals surface area (Å²) in [5.41, 5.74) is 1.71. The number of aldehydes is 1. The van der Waals surface area contributed by atoms with Gasteiger partial charge in [-0.05, 0) is 22.0 Å². The van der Waals surface area contributed by atoms with E-state index in [2.05, 4.69) is 22.5 Å². The van der Waals surface area contributed by atoms with E-state index in [1.165, 1.54) is 0 Å². The van der Waals surface area contributed by atoms with Crippen molar-refractivity contribution < 1.29 is 4.79 Å². The highest BCUT2D eigenvalue weighted by Gasteiger charge is 2.12. The van der Waals surface area contributed by atoms with E-state index in [9.17, 15) is 4.79 Å². The number of hydrogen-bond acceptors (Lipinski definition) is 1. The number of rotatable bonds is 3. The number of halogens is 1. The molecule has 1 aromatic carbocycles. The molecule has 1 aromatic heterocycles. The molecular weight excluding hydrogens is 254 g/mol. The topological polar surface area (TPSA) is 22.0 Å². The fraction of sp³-hybridized carbons (Fsp3) is 0.0833. The molecule has 0 N–H and O–H groups in total. The largest absolute Gasteiger partial charge is 0.333 e. The quantitative estimate of drug-likeness (QED) is 0.615. The van der Waals surface area contributed by atoms with Crippen LogP contribution in [0.2, 0.25) is 0 Å². The second-order valence-corrected chi connectivity index (χ2v) is 4.03. The molecule has 76 valence electrons. The Morgan fingerprint density at radius 1 is 1.40 bits per heavy atom. The first-order valence-corrected chi connectivity index (χ1v) is 5.41. The monoisotopic (exact) mass is 263 g/mol. The Morgan fingerprint density at radius 2 is 2.13 bits per heavy atom. The van der Waals surface area contributed by atoms with Crippen LogP contribution in [0.4, 0.5) is 0 Å². The van der Waals surface area contributed by atoms with Gasteiger partial charge in [0.25, 0.3) is 0 Å². The molecule has 0 aliphatic rings. The molecule has 0 atom stereocenters. The number of carbonyl (C=O) groups excluding carboxylic acids is 1. The highest BCUT2D eigenvalue weighted by molar-refractivity contribution is 9.10. The van der Waals surface area contributed by atoms with Gasteiger partial charge in [-0.15, -0.1) is 6.58 Å². The molecule has 2 aromatic rings. The summed E-state index contributed by atoms with van der Waals surface area (Å²) in [4.78, 5) is 11.0. The van der Waals surface area contributed by atoms with E-state index in [1.807, 2.05) is 28.8 Å². The van der Waals surface area contributed by atoms with Gasteiger partial charge in [0.15, 0.2) is 6.29 Å². The Morgan fingerprint density at radius 3 is 2.80 bits per heavy atom. The molecule has 0 aliphatic carbocycles. The normalized spacial score (nSPS) is 10.5. The third-order valence-electron chi connectivity index (χ3n) is 2.37. The molecule has 1 heterocycles. The van der Waals surface area contributed by atoms with E-state index in [1.54, 1.807) is 6.08 Å². The highest BCUT2D eigenvalue weighted by atomic mass is 79.9. The van der Waals surface area contributed by atoms with Crippen LogP contribution in [0, 0.1) is 0 Å². The van der Waals surface area contributed by atoms with E-state index >= 15 is 0 Å². The zero-order chi connectivity index (χ0) is 10.8. The highest BCUT2D eigenvalue weighted by Crippen LogP contribution is 2.29. The summed E-state index contributed by atoms with van der Waals surface area (Å²) in [6.45, 7) is 4.33. The SMILES string of the molecule is C=CCn1c(C=O)c(Br)c2ccccc21. The average Bonchev–Trinajstić information content (AvgIpc) is 2.54. The van der Waals surface area contributed by atoms with Crippen LogP contribution in [0.1, 0.15) is 10.5 Å². The van der Waals surface area contributed by atoms with Crippen LogP contribution in [0.3, 0.4) is 0 Å². The van der Waals surface area contributed by atoms with Gasteiger partial charge in [-0.2, -0.15) is 0 Å². The van der Waals surface area contributed by atoms with Crippen molar-refractivity contribution >= 4 is 33.1 Å². The van der Waals surface area contributed by atoms with E-state index < -0.39 is 0 Å². The molecule has 0 amide bonds. The Balaban J connectivity index is 2.84. The van der Waals surface area contributed by atoms with Crippen LogP contribution in [0.25, 0.3) is 10.9 Å². The van der Waals surface area contributed by atoms with Gasteiger partial charge in [-0.25, -0.2) is 0 Å². The predicted molar refractivity (Wildman–Crippen MR) is 65.2 cm³/mol. The number of fused-ring (bicyclic) bond motifs is 1. The summed E-state index contributed by atoms with van der Waals surface area (Å²) >= 11 is 3.45. The van der Waals surface area contributed by atoms with Crippen molar-refractivity contribution in [1.29, 1.82) is 0 Å². The standard InChI is InChI=1S/C12H10BrNO/c1-2-7-14-10-6-4-3-5-9(10)12(13)11(14)8-15/h2-6,8H,1,7H2. The first kappa shape index (κ1) is 10.2. The van der Waals surface area contributed by atoms with Crippen LogP contribution >= 0.6 is 15.9 Å². The smallest absolute Gasteiger partial charge is 0.167 e. The van der Waals surface area contributed by atoms with Gasteiger partial charge in [-0.3, -0.25) is 4.79 Å². The molecular formula is C12H10BrNO. The first-order chi connectivity index (χ1) is 7.29. The summed E-state index contributed by atoms with van der Waals surface area (Å²) in [7, 11) is 0. The van der Waals surface area contributed by atoms with Crippen molar-refractivity contribution in [3.63, 3.8) is 0 Å². The van der Waals surface area contributed by atoms with E-state index in [-0.39, 0.29) is 0 Å². The average molecular weight is 264 g/mol. The molecule has 3 heteroatoms. The molecule has 0 bridgehead atoms. The van der Waals surface area contributed by atoms with Crippen LogP contribution in [-0.2, 0) is 6.54 Å². The van der Waals surface area contributed by atoms with E-state index in [4.69, 9.17) is 0 Å². The molecule has 0 saturated carbocycles. The first-order valence-electron chi connectivity index (χ1n) is 4.62. The van der Waals surface area contributed by atoms with Gasteiger partial charge in [0.2, 0.25) is 0 Å². The zero-order valence-electron chi connectivity index (χ0n) is 8.11. The third-order valence-corrected chi connectivity index (χ3v) is 3.20. The van der Waals surface area contributed by atoms with Crippen molar-refractivity contribution in [2.24, 2.45) is 0 Å². The molecule has 2 rings (SSSR count). The van der Waals surface area contributed by atoms with Gasteiger partial charge >= 0.3 is 0 Å². The number of carbonyl (C=O) groups is 1. The fourth-order valence-corrected chi connectivity index (χ4v) is 2.36. The van der Waals surface area contributed by atoms with Crippen molar-refractivity contribution in [2.75, 3.05) is 0 Å². The van der Waals surface area contributed by atoms with E-state index in [0.717, 1.165) is 21.7 Å². The predicted octanol–water partition coefficient (Wildman–Crippen LogP) is 3.40. The maximum absolute atomic E-state index is 11.0. The van der Waals surface area contributed by atoms with E-state index in [0.29, 0.717) is 12.2 Å². The van der Waals surface area contributed by atoms with Gasteiger partial charge in [0, 0.05) is 11.9 Å². The molecule has 2 nitrogen and oxygen atoms in total. The van der Waals surface area contributed by atoms with Crippen LogP contribution < -0.4 is 0 Å². The number of allylic oxidation sites excluding steroid dienone is 1. The van der Waals surface area contributed by atoms with Gasteiger partial charge in [0.1, 0.15) is 0 Å². The van der Waals surface area contributed by atoms with Crippen molar-refractivity contribution in [3.8, 4) is 0 Å². The Bertz CT molecular complexity index is 528. The molecule has 15 heavy (non-hydrogen) atoms.